The molecule has 0 spiro atoms. The summed E-state index contributed by atoms with van der Waals surface area (Å²) in [5.41, 5.74) is 6.30. The summed E-state index contributed by atoms with van der Waals surface area (Å²) in [6, 6.07) is 5.26. The van der Waals surface area contributed by atoms with E-state index < -0.39 is 0 Å². The number of aromatic nitrogens is 3. The average molecular weight is 202 g/mol. The van der Waals surface area contributed by atoms with E-state index >= 15 is 0 Å². The standard InChI is InChI=1S/C10H10N4O/c1-15-10-7(3-2-5-13-10)9-12-6-4-8(11)14-9/h2-6H,1H3,(H2,11,12,14). The molecule has 0 atom stereocenters. The van der Waals surface area contributed by atoms with Gasteiger partial charge in [0.25, 0.3) is 0 Å². The van der Waals surface area contributed by atoms with Crippen LogP contribution in [0.1, 0.15) is 0 Å². The Hall–Kier alpha value is -2.17. The van der Waals surface area contributed by atoms with Crippen LogP contribution in [-0.2, 0) is 0 Å². The van der Waals surface area contributed by atoms with Crippen LogP contribution >= 0.6 is 0 Å². The summed E-state index contributed by atoms with van der Waals surface area (Å²) in [6.07, 6.45) is 3.25. The highest BCUT2D eigenvalue weighted by molar-refractivity contribution is 5.62. The number of anilines is 1. The molecule has 2 heterocycles. The lowest BCUT2D eigenvalue weighted by molar-refractivity contribution is 0.399. The molecule has 0 aliphatic carbocycles. The summed E-state index contributed by atoms with van der Waals surface area (Å²) >= 11 is 0. The fourth-order valence-corrected chi connectivity index (χ4v) is 1.23. The molecule has 5 heteroatoms. The minimum Gasteiger partial charge on any atom is -0.480 e. The van der Waals surface area contributed by atoms with Gasteiger partial charge < -0.3 is 10.5 Å². The van der Waals surface area contributed by atoms with Crippen molar-refractivity contribution in [2.45, 2.75) is 0 Å². The molecule has 0 aliphatic heterocycles. The highest BCUT2D eigenvalue weighted by Gasteiger charge is 2.08. The van der Waals surface area contributed by atoms with E-state index in [1.54, 1.807) is 31.6 Å². The first-order chi connectivity index (χ1) is 7.31. The average Bonchev–Trinajstić information content (AvgIpc) is 2.29. The summed E-state index contributed by atoms with van der Waals surface area (Å²) in [5.74, 6) is 1.42. The molecule has 0 aromatic carbocycles. The van der Waals surface area contributed by atoms with E-state index in [-0.39, 0.29) is 0 Å². The molecule has 5 nitrogen and oxygen atoms in total. The Morgan fingerprint density at radius 2 is 2.07 bits per heavy atom. The lowest BCUT2D eigenvalue weighted by Crippen LogP contribution is -1.97. The highest BCUT2D eigenvalue weighted by Crippen LogP contribution is 2.24. The van der Waals surface area contributed by atoms with E-state index in [0.29, 0.717) is 17.5 Å². The predicted octanol–water partition coefficient (Wildman–Crippen LogP) is 1.13. The minimum absolute atomic E-state index is 0.422. The number of pyridine rings is 1. The number of rotatable bonds is 2. The molecule has 0 amide bonds. The molecule has 76 valence electrons. The van der Waals surface area contributed by atoms with Crippen molar-refractivity contribution in [3.63, 3.8) is 0 Å². The molecule has 0 radical (unpaired) electrons. The van der Waals surface area contributed by atoms with Crippen molar-refractivity contribution in [3.05, 3.63) is 30.6 Å². The number of ether oxygens (including phenoxy) is 1. The molecule has 0 fully saturated rings. The summed E-state index contributed by atoms with van der Waals surface area (Å²) in [4.78, 5) is 12.3. The van der Waals surface area contributed by atoms with Crippen LogP contribution in [0.25, 0.3) is 11.4 Å². The van der Waals surface area contributed by atoms with Crippen molar-refractivity contribution in [2.24, 2.45) is 0 Å². The summed E-state index contributed by atoms with van der Waals surface area (Å²) in [7, 11) is 1.55. The molecule has 0 aliphatic rings. The van der Waals surface area contributed by atoms with Crippen LogP contribution in [0.15, 0.2) is 30.6 Å². The fraction of sp³-hybridized carbons (Fsp3) is 0.100. The maximum Gasteiger partial charge on any atom is 0.224 e. The molecule has 2 N–H and O–H groups in total. The first-order valence-corrected chi connectivity index (χ1v) is 4.39. The van der Waals surface area contributed by atoms with Gasteiger partial charge in [0.15, 0.2) is 5.82 Å². The van der Waals surface area contributed by atoms with Gasteiger partial charge >= 0.3 is 0 Å². The van der Waals surface area contributed by atoms with Gasteiger partial charge in [0.1, 0.15) is 5.82 Å². The molecular formula is C10H10N4O. The second-order valence-corrected chi connectivity index (χ2v) is 2.87. The Morgan fingerprint density at radius 3 is 2.80 bits per heavy atom. The zero-order chi connectivity index (χ0) is 10.7. The molecule has 15 heavy (non-hydrogen) atoms. The lowest BCUT2D eigenvalue weighted by Gasteiger charge is -2.05. The fourth-order valence-electron chi connectivity index (χ4n) is 1.23. The Labute approximate surface area is 87.0 Å². The van der Waals surface area contributed by atoms with Crippen molar-refractivity contribution in [3.8, 4) is 17.3 Å². The van der Waals surface area contributed by atoms with Crippen molar-refractivity contribution >= 4 is 5.82 Å². The van der Waals surface area contributed by atoms with E-state index in [9.17, 15) is 0 Å². The Balaban J connectivity index is 2.53. The molecule has 0 bridgehead atoms. The molecule has 2 rings (SSSR count). The maximum atomic E-state index is 5.58. The third-order valence-electron chi connectivity index (χ3n) is 1.88. The number of nitrogens with zero attached hydrogens (tertiary/aromatic N) is 3. The largest absolute Gasteiger partial charge is 0.480 e. The van der Waals surface area contributed by atoms with Gasteiger partial charge in [-0.3, -0.25) is 0 Å². The third-order valence-corrected chi connectivity index (χ3v) is 1.88. The second kappa shape index (κ2) is 3.91. The highest BCUT2D eigenvalue weighted by atomic mass is 16.5. The Kier molecular flexibility index (Phi) is 2.45. The van der Waals surface area contributed by atoms with E-state index in [1.165, 1.54) is 0 Å². The molecular weight excluding hydrogens is 192 g/mol. The molecule has 2 aromatic rings. The number of nitrogen functional groups attached to an aromatic ring is 1. The molecule has 2 aromatic heterocycles. The van der Waals surface area contributed by atoms with Gasteiger partial charge in [-0.1, -0.05) is 0 Å². The van der Waals surface area contributed by atoms with Crippen LogP contribution < -0.4 is 10.5 Å². The van der Waals surface area contributed by atoms with E-state index in [0.717, 1.165) is 5.56 Å². The predicted molar refractivity (Wildman–Crippen MR) is 56.2 cm³/mol. The number of methoxy groups -OCH3 is 1. The van der Waals surface area contributed by atoms with Gasteiger partial charge in [-0.05, 0) is 18.2 Å². The number of nitrogens with two attached hydrogens (primary N) is 1. The monoisotopic (exact) mass is 202 g/mol. The van der Waals surface area contributed by atoms with Gasteiger partial charge in [-0.15, -0.1) is 0 Å². The first kappa shape index (κ1) is 9.39. The lowest BCUT2D eigenvalue weighted by atomic mass is 10.2. The Morgan fingerprint density at radius 1 is 1.20 bits per heavy atom. The van der Waals surface area contributed by atoms with Crippen LogP contribution in [0.5, 0.6) is 5.88 Å². The van der Waals surface area contributed by atoms with Gasteiger partial charge in [-0.2, -0.15) is 0 Å². The van der Waals surface area contributed by atoms with Crippen molar-refractivity contribution < 1.29 is 4.74 Å². The summed E-state index contributed by atoms with van der Waals surface area (Å²) < 4.78 is 5.11. The quantitative estimate of drug-likeness (QED) is 0.790. The van der Waals surface area contributed by atoms with Crippen LogP contribution in [-0.4, -0.2) is 22.1 Å². The van der Waals surface area contributed by atoms with Crippen molar-refractivity contribution in [1.29, 1.82) is 0 Å². The van der Waals surface area contributed by atoms with Gasteiger partial charge in [-0.25, -0.2) is 15.0 Å². The molecule has 0 saturated carbocycles. The van der Waals surface area contributed by atoms with Crippen LogP contribution in [0.4, 0.5) is 5.82 Å². The zero-order valence-electron chi connectivity index (χ0n) is 8.21. The summed E-state index contributed by atoms with van der Waals surface area (Å²) in [6.45, 7) is 0. The zero-order valence-corrected chi connectivity index (χ0v) is 8.21. The third kappa shape index (κ3) is 1.85. The van der Waals surface area contributed by atoms with Gasteiger partial charge in [0.2, 0.25) is 5.88 Å². The van der Waals surface area contributed by atoms with E-state index in [4.69, 9.17) is 10.5 Å². The molecule has 0 unspecified atom stereocenters. The van der Waals surface area contributed by atoms with E-state index in [1.807, 2.05) is 6.07 Å². The smallest absolute Gasteiger partial charge is 0.224 e. The Bertz CT molecular complexity index is 472. The number of hydrogen-bond donors (Lipinski definition) is 1. The van der Waals surface area contributed by atoms with Crippen molar-refractivity contribution in [2.75, 3.05) is 12.8 Å². The van der Waals surface area contributed by atoms with Crippen molar-refractivity contribution in [1.82, 2.24) is 15.0 Å². The minimum atomic E-state index is 0.422. The first-order valence-electron chi connectivity index (χ1n) is 4.39. The van der Waals surface area contributed by atoms with Gasteiger partial charge in [0, 0.05) is 12.4 Å². The maximum absolute atomic E-state index is 5.58. The van der Waals surface area contributed by atoms with Crippen LogP contribution in [0.3, 0.4) is 0 Å². The second-order valence-electron chi connectivity index (χ2n) is 2.87. The van der Waals surface area contributed by atoms with Crippen LogP contribution in [0.2, 0.25) is 0 Å². The normalized spacial score (nSPS) is 9.93. The van der Waals surface area contributed by atoms with Crippen LogP contribution in [0, 0.1) is 0 Å². The van der Waals surface area contributed by atoms with E-state index in [2.05, 4.69) is 15.0 Å². The topological polar surface area (TPSA) is 73.9 Å². The SMILES string of the molecule is COc1ncccc1-c1nccc(N)n1. The number of hydrogen-bond acceptors (Lipinski definition) is 5. The van der Waals surface area contributed by atoms with Gasteiger partial charge in [0.05, 0.1) is 12.7 Å². The summed E-state index contributed by atoms with van der Waals surface area (Å²) in [5, 5.41) is 0. The molecule has 0 saturated heterocycles.